The van der Waals surface area contributed by atoms with Crippen molar-refractivity contribution in [3.63, 3.8) is 0 Å². The second-order valence-corrected chi connectivity index (χ2v) is 6.14. The molecule has 26 heavy (non-hydrogen) atoms. The van der Waals surface area contributed by atoms with Gasteiger partial charge in [-0.15, -0.1) is 0 Å². The molecule has 4 rings (SSSR count). The predicted octanol–water partition coefficient (Wildman–Crippen LogP) is 3.57. The number of fused-ring (bicyclic) bond motifs is 1. The van der Waals surface area contributed by atoms with Gasteiger partial charge in [-0.05, 0) is 11.6 Å². The second kappa shape index (κ2) is 6.55. The van der Waals surface area contributed by atoms with Gasteiger partial charge < -0.3 is 14.8 Å². The lowest BCUT2D eigenvalue weighted by Crippen LogP contribution is -2.23. The molecule has 1 atom stereocenters. The van der Waals surface area contributed by atoms with Crippen molar-refractivity contribution in [1.82, 2.24) is 10.2 Å². The van der Waals surface area contributed by atoms with Gasteiger partial charge in [0.1, 0.15) is 11.5 Å². The number of anilines is 1. The quantitative estimate of drug-likeness (QED) is 0.755. The van der Waals surface area contributed by atoms with E-state index in [1.54, 1.807) is 14.2 Å². The van der Waals surface area contributed by atoms with Crippen molar-refractivity contribution in [1.29, 1.82) is 0 Å². The van der Waals surface area contributed by atoms with Crippen molar-refractivity contribution < 1.29 is 14.3 Å². The molecular formula is C20H19N3O3. The van der Waals surface area contributed by atoms with Gasteiger partial charge in [0.2, 0.25) is 5.91 Å². The largest absolute Gasteiger partial charge is 0.497 e. The van der Waals surface area contributed by atoms with Crippen molar-refractivity contribution in [2.24, 2.45) is 0 Å². The number of aromatic amines is 1. The predicted molar refractivity (Wildman–Crippen MR) is 98.7 cm³/mol. The molecule has 0 bridgehead atoms. The first kappa shape index (κ1) is 16.2. The van der Waals surface area contributed by atoms with E-state index in [9.17, 15) is 4.79 Å². The smallest absolute Gasteiger partial charge is 0.226 e. The summed E-state index contributed by atoms with van der Waals surface area (Å²) in [4.78, 5) is 12.2. The third-order valence-electron chi connectivity index (χ3n) is 4.68. The van der Waals surface area contributed by atoms with Gasteiger partial charge in [-0.1, -0.05) is 36.4 Å². The zero-order valence-electron chi connectivity index (χ0n) is 14.6. The monoisotopic (exact) mass is 349 g/mol. The molecule has 1 aliphatic heterocycles. The molecule has 0 saturated heterocycles. The Balaban J connectivity index is 1.88. The van der Waals surface area contributed by atoms with Crippen LogP contribution in [0.25, 0.3) is 11.3 Å². The molecule has 2 N–H and O–H groups in total. The van der Waals surface area contributed by atoms with Gasteiger partial charge in [0, 0.05) is 29.5 Å². The fourth-order valence-electron chi connectivity index (χ4n) is 3.45. The zero-order valence-corrected chi connectivity index (χ0v) is 14.6. The lowest BCUT2D eigenvalue weighted by atomic mass is 9.84. The Bertz CT molecular complexity index is 950. The summed E-state index contributed by atoms with van der Waals surface area (Å²) < 4.78 is 10.9. The fourth-order valence-corrected chi connectivity index (χ4v) is 3.45. The average molecular weight is 349 g/mol. The van der Waals surface area contributed by atoms with Crippen molar-refractivity contribution in [2.45, 2.75) is 12.3 Å². The maximum atomic E-state index is 12.2. The summed E-state index contributed by atoms with van der Waals surface area (Å²) in [5, 5.41) is 10.3. The number of rotatable bonds is 4. The summed E-state index contributed by atoms with van der Waals surface area (Å²) in [5.41, 5.74) is 3.83. The van der Waals surface area contributed by atoms with Gasteiger partial charge in [0.05, 0.1) is 19.9 Å². The molecule has 1 aromatic heterocycles. The lowest BCUT2D eigenvalue weighted by Gasteiger charge is -2.25. The minimum absolute atomic E-state index is 0.0634. The minimum Gasteiger partial charge on any atom is -0.497 e. The summed E-state index contributed by atoms with van der Waals surface area (Å²) >= 11 is 0. The van der Waals surface area contributed by atoms with Crippen LogP contribution in [0.15, 0.2) is 48.5 Å². The lowest BCUT2D eigenvalue weighted by molar-refractivity contribution is -0.116. The van der Waals surface area contributed by atoms with Crippen LogP contribution in [0, 0.1) is 0 Å². The third kappa shape index (κ3) is 2.69. The minimum atomic E-state index is -0.159. The van der Waals surface area contributed by atoms with Crippen LogP contribution in [0.1, 0.15) is 23.5 Å². The van der Waals surface area contributed by atoms with Crippen LogP contribution in [-0.2, 0) is 4.79 Å². The van der Waals surface area contributed by atoms with Crippen LogP contribution in [0.5, 0.6) is 11.5 Å². The fraction of sp³-hybridized carbons (Fsp3) is 0.200. The third-order valence-corrected chi connectivity index (χ3v) is 4.68. The van der Waals surface area contributed by atoms with Gasteiger partial charge in [0.15, 0.2) is 5.82 Å². The van der Waals surface area contributed by atoms with E-state index in [0.29, 0.717) is 23.7 Å². The van der Waals surface area contributed by atoms with E-state index in [1.165, 1.54) is 0 Å². The standard InChI is InChI=1S/C20H19N3O3/c1-25-13-8-9-14(16(10-13)26-2)15-11-17(24)21-20-18(15)19(22-23-20)12-6-4-3-5-7-12/h3-10,15H,11H2,1-2H3,(H2,21,22,23,24)/t15-/m1/s1. The van der Waals surface area contributed by atoms with Crippen molar-refractivity contribution >= 4 is 11.7 Å². The molecule has 0 aliphatic carbocycles. The van der Waals surface area contributed by atoms with Gasteiger partial charge in [-0.25, -0.2) is 0 Å². The summed E-state index contributed by atoms with van der Waals surface area (Å²) in [6, 6.07) is 15.6. The molecule has 0 spiro atoms. The first-order valence-electron chi connectivity index (χ1n) is 8.36. The molecule has 0 radical (unpaired) electrons. The molecule has 3 aromatic rings. The molecule has 0 fully saturated rings. The number of nitrogens with zero attached hydrogens (tertiary/aromatic N) is 1. The van der Waals surface area contributed by atoms with Crippen LogP contribution >= 0.6 is 0 Å². The Morgan fingerprint density at radius 3 is 2.62 bits per heavy atom. The number of ether oxygens (including phenoxy) is 2. The van der Waals surface area contributed by atoms with Crippen LogP contribution in [0.2, 0.25) is 0 Å². The topological polar surface area (TPSA) is 76.2 Å². The normalized spacial score (nSPS) is 15.9. The molecule has 2 heterocycles. The molecule has 1 amide bonds. The number of hydrogen-bond donors (Lipinski definition) is 2. The summed E-state index contributed by atoms with van der Waals surface area (Å²) in [6.45, 7) is 0. The highest BCUT2D eigenvalue weighted by Crippen LogP contribution is 2.44. The van der Waals surface area contributed by atoms with E-state index in [2.05, 4.69) is 15.5 Å². The van der Waals surface area contributed by atoms with E-state index in [4.69, 9.17) is 9.47 Å². The number of aromatic nitrogens is 2. The van der Waals surface area contributed by atoms with Crippen LogP contribution in [0.3, 0.4) is 0 Å². The first-order valence-corrected chi connectivity index (χ1v) is 8.36. The SMILES string of the molecule is COc1ccc([C@H]2CC(=O)Nc3n[nH]c(-c4ccccc4)c32)c(OC)c1. The number of hydrogen-bond acceptors (Lipinski definition) is 4. The first-order chi connectivity index (χ1) is 12.7. The average Bonchev–Trinajstić information content (AvgIpc) is 3.11. The molecule has 1 aliphatic rings. The highest BCUT2D eigenvalue weighted by atomic mass is 16.5. The van der Waals surface area contributed by atoms with E-state index in [-0.39, 0.29) is 11.8 Å². The van der Waals surface area contributed by atoms with E-state index >= 15 is 0 Å². The number of benzene rings is 2. The number of carbonyl (C=O) groups excluding carboxylic acids is 1. The Morgan fingerprint density at radius 2 is 1.88 bits per heavy atom. The molecule has 132 valence electrons. The Kier molecular flexibility index (Phi) is 4.08. The van der Waals surface area contributed by atoms with E-state index in [0.717, 1.165) is 22.4 Å². The molecule has 6 heteroatoms. The zero-order chi connectivity index (χ0) is 18.1. The second-order valence-electron chi connectivity index (χ2n) is 6.14. The number of methoxy groups -OCH3 is 2. The van der Waals surface area contributed by atoms with E-state index < -0.39 is 0 Å². The molecule has 0 unspecified atom stereocenters. The van der Waals surface area contributed by atoms with Crippen LogP contribution in [-0.4, -0.2) is 30.3 Å². The van der Waals surface area contributed by atoms with Gasteiger partial charge in [-0.3, -0.25) is 9.89 Å². The van der Waals surface area contributed by atoms with Crippen molar-refractivity contribution in [3.05, 3.63) is 59.7 Å². The van der Waals surface area contributed by atoms with Gasteiger partial charge in [0.25, 0.3) is 0 Å². The number of nitrogens with one attached hydrogen (secondary N) is 2. The van der Waals surface area contributed by atoms with Gasteiger partial charge in [-0.2, -0.15) is 5.10 Å². The number of H-pyrrole nitrogens is 1. The summed E-state index contributed by atoms with van der Waals surface area (Å²) in [5.74, 6) is 1.75. The highest BCUT2D eigenvalue weighted by Gasteiger charge is 2.33. The number of carbonyl (C=O) groups is 1. The summed E-state index contributed by atoms with van der Waals surface area (Å²) in [6.07, 6.45) is 0.328. The molecule has 2 aromatic carbocycles. The summed E-state index contributed by atoms with van der Waals surface area (Å²) in [7, 11) is 3.24. The maximum absolute atomic E-state index is 12.2. The molecule has 6 nitrogen and oxygen atoms in total. The van der Waals surface area contributed by atoms with Crippen LogP contribution in [0.4, 0.5) is 5.82 Å². The van der Waals surface area contributed by atoms with Crippen molar-refractivity contribution in [2.75, 3.05) is 19.5 Å². The Hall–Kier alpha value is -3.28. The van der Waals surface area contributed by atoms with E-state index in [1.807, 2.05) is 48.5 Å². The Labute approximate surface area is 151 Å². The molecular weight excluding hydrogens is 330 g/mol. The van der Waals surface area contributed by atoms with Gasteiger partial charge >= 0.3 is 0 Å². The van der Waals surface area contributed by atoms with Crippen molar-refractivity contribution in [3.8, 4) is 22.8 Å². The highest BCUT2D eigenvalue weighted by molar-refractivity contribution is 5.96. The maximum Gasteiger partial charge on any atom is 0.226 e. The van der Waals surface area contributed by atoms with Crippen LogP contribution < -0.4 is 14.8 Å². The molecule has 0 saturated carbocycles. The number of amides is 1. The Morgan fingerprint density at radius 1 is 1.08 bits per heavy atom.